The molecule has 1 heterocycles. The molecule has 3 nitrogen and oxygen atoms in total. The van der Waals surface area contributed by atoms with Crippen molar-refractivity contribution in [2.24, 2.45) is 11.7 Å². The van der Waals surface area contributed by atoms with Crippen LogP contribution < -0.4 is 10.5 Å². The minimum atomic E-state index is 0.129. The van der Waals surface area contributed by atoms with Crippen molar-refractivity contribution in [2.75, 3.05) is 0 Å². The average molecular weight is 244 g/mol. The van der Waals surface area contributed by atoms with E-state index in [4.69, 9.17) is 10.5 Å². The van der Waals surface area contributed by atoms with E-state index in [-0.39, 0.29) is 6.10 Å². The topological polar surface area (TPSA) is 48.1 Å². The molecule has 96 valence electrons. The molecule has 0 bridgehead atoms. The summed E-state index contributed by atoms with van der Waals surface area (Å²) in [5, 5.41) is 1.10. The second-order valence-electron chi connectivity index (χ2n) is 4.92. The molecule has 1 aromatic carbocycles. The number of benzene rings is 1. The molecule has 3 heteroatoms. The fourth-order valence-electron chi connectivity index (χ4n) is 1.70. The lowest BCUT2D eigenvalue weighted by atomic mass is 10.1. The summed E-state index contributed by atoms with van der Waals surface area (Å²) < 4.78 is 5.91. The lowest BCUT2D eigenvalue weighted by Crippen LogP contribution is -2.20. The second-order valence-corrected chi connectivity index (χ2v) is 4.92. The van der Waals surface area contributed by atoms with Crippen LogP contribution in [0.3, 0.4) is 0 Å². The first-order valence-electron chi connectivity index (χ1n) is 6.37. The van der Waals surface area contributed by atoms with Gasteiger partial charge in [0.25, 0.3) is 0 Å². The van der Waals surface area contributed by atoms with E-state index in [0.717, 1.165) is 16.5 Å². The van der Waals surface area contributed by atoms with Gasteiger partial charge in [0, 0.05) is 17.5 Å². The van der Waals surface area contributed by atoms with Crippen LogP contribution >= 0.6 is 0 Å². The lowest BCUT2D eigenvalue weighted by Gasteiger charge is -2.19. The fraction of sp³-hybridized carbons (Fsp3) is 0.400. The number of nitrogens with two attached hydrogens (primary N) is 1. The van der Waals surface area contributed by atoms with Crippen LogP contribution in [0.15, 0.2) is 30.3 Å². The van der Waals surface area contributed by atoms with Crippen molar-refractivity contribution in [1.82, 2.24) is 4.98 Å². The number of hydrogen-bond donors (Lipinski definition) is 1. The minimum Gasteiger partial charge on any atom is -0.474 e. The van der Waals surface area contributed by atoms with Crippen LogP contribution in [-0.2, 0) is 6.54 Å². The van der Waals surface area contributed by atoms with Crippen molar-refractivity contribution >= 4 is 10.9 Å². The molecular weight excluding hydrogens is 224 g/mol. The summed E-state index contributed by atoms with van der Waals surface area (Å²) in [6.07, 6.45) is 0.129. The van der Waals surface area contributed by atoms with E-state index in [9.17, 15) is 0 Å². The lowest BCUT2D eigenvalue weighted by molar-refractivity contribution is 0.162. The molecule has 18 heavy (non-hydrogen) atoms. The van der Waals surface area contributed by atoms with Crippen molar-refractivity contribution in [2.45, 2.75) is 33.4 Å². The van der Waals surface area contributed by atoms with Gasteiger partial charge in [-0.2, -0.15) is 0 Å². The molecule has 2 aromatic rings. The molecule has 0 radical (unpaired) electrons. The van der Waals surface area contributed by atoms with E-state index in [0.29, 0.717) is 18.3 Å². The molecule has 1 unspecified atom stereocenters. The molecule has 0 aliphatic rings. The standard InChI is InChI=1S/C15H20N2O/c1-10(2)11(3)18-15-13(9-16)8-12-6-4-5-7-14(12)17-15/h4-8,10-11H,9,16H2,1-3H3. The van der Waals surface area contributed by atoms with Crippen LogP contribution in [0.25, 0.3) is 10.9 Å². The van der Waals surface area contributed by atoms with Crippen molar-refractivity contribution in [3.63, 3.8) is 0 Å². The first kappa shape index (κ1) is 12.8. The van der Waals surface area contributed by atoms with Crippen LogP contribution in [0.2, 0.25) is 0 Å². The molecule has 0 aliphatic heterocycles. The first-order chi connectivity index (χ1) is 8.61. The van der Waals surface area contributed by atoms with Crippen molar-refractivity contribution < 1.29 is 4.74 Å². The molecule has 1 atom stereocenters. The molecule has 0 fully saturated rings. The average Bonchev–Trinajstić information content (AvgIpc) is 2.37. The monoisotopic (exact) mass is 244 g/mol. The summed E-state index contributed by atoms with van der Waals surface area (Å²) in [4.78, 5) is 4.57. The number of pyridine rings is 1. The third kappa shape index (κ3) is 2.62. The Hall–Kier alpha value is -1.61. The van der Waals surface area contributed by atoms with Gasteiger partial charge in [-0.1, -0.05) is 32.0 Å². The van der Waals surface area contributed by atoms with Crippen LogP contribution in [-0.4, -0.2) is 11.1 Å². The molecule has 2 N–H and O–H groups in total. The Morgan fingerprint density at radius 1 is 1.22 bits per heavy atom. The van der Waals surface area contributed by atoms with E-state index in [2.05, 4.69) is 31.8 Å². The zero-order chi connectivity index (χ0) is 13.1. The van der Waals surface area contributed by atoms with Crippen LogP contribution in [0.4, 0.5) is 0 Å². The van der Waals surface area contributed by atoms with Crippen LogP contribution in [0.1, 0.15) is 26.3 Å². The Morgan fingerprint density at radius 2 is 1.94 bits per heavy atom. The van der Waals surface area contributed by atoms with E-state index in [1.807, 2.05) is 24.3 Å². The normalized spacial score (nSPS) is 12.9. The zero-order valence-corrected chi connectivity index (χ0v) is 11.2. The van der Waals surface area contributed by atoms with E-state index in [1.165, 1.54) is 0 Å². The summed E-state index contributed by atoms with van der Waals surface area (Å²) >= 11 is 0. The fourth-order valence-corrected chi connectivity index (χ4v) is 1.70. The third-order valence-electron chi connectivity index (χ3n) is 3.22. The summed E-state index contributed by atoms with van der Waals surface area (Å²) in [5.41, 5.74) is 7.68. The largest absolute Gasteiger partial charge is 0.474 e. The predicted octanol–water partition coefficient (Wildman–Crippen LogP) is 3.12. The van der Waals surface area contributed by atoms with Gasteiger partial charge in [-0.25, -0.2) is 4.98 Å². The Morgan fingerprint density at radius 3 is 2.61 bits per heavy atom. The number of nitrogens with zero attached hydrogens (tertiary/aromatic N) is 1. The van der Waals surface area contributed by atoms with Gasteiger partial charge in [-0.15, -0.1) is 0 Å². The summed E-state index contributed by atoms with van der Waals surface area (Å²) in [7, 11) is 0. The van der Waals surface area contributed by atoms with Crippen molar-refractivity contribution in [3.8, 4) is 5.88 Å². The number of aromatic nitrogens is 1. The SMILES string of the molecule is CC(C)C(C)Oc1nc2ccccc2cc1CN. The maximum Gasteiger partial charge on any atom is 0.218 e. The number of hydrogen-bond acceptors (Lipinski definition) is 3. The van der Waals surface area contributed by atoms with Gasteiger partial charge in [0.2, 0.25) is 5.88 Å². The number of fused-ring (bicyclic) bond motifs is 1. The number of rotatable bonds is 4. The van der Waals surface area contributed by atoms with Gasteiger partial charge in [0.05, 0.1) is 11.6 Å². The molecular formula is C15H20N2O. The molecule has 0 aliphatic carbocycles. The first-order valence-corrected chi connectivity index (χ1v) is 6.37. The Kier molecular flexibility index (Phi) is 3.82. The highest BCUT2D eigenvalue weighted by molar-refractivity contribution is 5.80. The molecule has 0 spiro atoms. The number of para-hydroxylation sites is 1. The van der Waals surface area contributed by atoms with Gasteiger partial charge in [0.15, 0.2) is 0 Å². The van der Waals surface area contributed by atoms with E-state index < -0.39 is 0 Å². The van der Waals surface area contributed by atoms with E-state index in [1.54, 1.807) is 0 Å². The predicted molar refractivity (Wildman–Crippen MR) is 74.6 cm³/mol. The maximum absolute atomic E-state index is 5.91. The van der Waals surface area contributed by atoms with Gasteiger partial charge in [-0.3, -0.25) is 0 Å². The van der Waals surface area contributed by atoms with Crippen molar-refractivity contribution in [1.29, 1.82) is 0 Å². The molecule has 0 saturated heterocycles. The van der Waals surface area contributed by atoms with Gasteiger partial charge in [0.1, 0.15) is 0 Å². The molecule has 2 rings (SSSR count). The highest BCUT2D eigenvalue weighted by Gasteiger charge is 2.13. The molecule has 1 aromatic heterocycles. The highest BCUT2D eigenvalue weighted by Crippen LogP contribution is 2.23. The maximum atomic E-state index is 5.91. The Bertz CT molecular complexity index is 537. The minimum absolute atomic E-state index is 0.129. The Balaban J connectivity index is 2.41. The second kappa shape index (κ2) is 5.36. The summed E-state index contributed by atoms with van der Waals surface area (Å²) in [6.45, 7) is 6.77. The quantitative estimate of drug-likeness (QED) is 0.899. The zero-order valence-electron chi connectivity index (χ0n) is 11.2. The van der Waals surface area contributed by atoms with E-state index >= 15 is 0 Å². The summed E-state index contributed by atoms with van der Waals surface area (Å²) in [6, 6.07) is 10.1. The van der Waals surface area contributed by atoms with Gasteiger partial charge in [-0.05, 0) is 25.0 Å². The van der Waals surface area contributed by atoms with Gasteiger partial charge >= 0.3 is 0 Å². The van der Waals surface area contributed by atoms with Crippen LogP contribution in [0, 0.1) is 5.92 Å². The molecule has 0 amide bonds. The smallest absolute Gasteiger partial charge is 0.218 e. The third-order valence-corrected chi connectivity index (χ3v) is 3.22. The highest BCUT2D eigenvalue weighted by atomic mass is 16.5. The summed E-state index contributed by atoms with van der Waals surface area (Å²) in [5.74, 6) is 1.11. The Labute approximate surface area is 108 Å². The molecule has 0 saturated carbocycles. The van der Waals surface area contributed by atoms with Gasteiger partial charge < -0.3 is 10.5 Å². The van der Waals surface area contributed by atoms with Crippen molar-refractivity contribution in [3.05, 3.63) is 35.9 Å². The van der Waals surface area contributed by atoms with Crippen LogP contribution in [0.5, 0.6) is 5.88 Å². The number of ether oxygens (including phenoxy) is 1.